The third-order valence-electron chi connectivity index (χ3n) is 1.34. The summed E-state index contributed by atoms with van der Waals surface area (Å²) in [7, 11) is 0. The Hall–Kier alpha value is 0.503. The Morgan fingerprint density at radius 1 is 0.438 bits per heavy atom. The molecule has 0 atom stereocenters. The van der Waals surface area contributed by atoms with E-state index in [0.29, 0.717) is 0 Å². The van der Waals surface area contributed by atoms with Crippen molar-refractivity contribution in [1.82, 2.24) is 0 Å². The van der Waals surface area contributed by atoms with Crippen molar-refractivity contribution >= 4 is 0 Å². The molecule has 0 aliphatic rings. The standard InChI is InChI=1S/3C4H10N.Ru/c3*1-3-5-4-2;/h3*3-4H2,1-2H3;/q3*-1;+3. The molecule has 16 heavy (non-hydrogen) atoms. The van der Waals surface area contributed by atoms with E-state index in [1.165, 1.54) is 0 Å². The Morgan fingerprint density at radius 3 is 0.562 bits per heavy atom. The minimum absolute atomic E-state index is 0. The number of hydrogen-bond acceptors (Lipinski definition) is 0. The van der Waals surface area contributed by atoms with Gasteiger partial charge in [0.05, 0.1) is 0 Å². The van der Waals surface area contributed by atoms with Crippen LogP contribution in [0.1, 0.15) is 41.5 Å². The van der Waals surface area contributed by atoms with Crippen LogP contribution in [0.25, 0.3) is 16.0 Å². The molecule has 0 aliphatic carbocycles. The molecule has 0 rings (SSSR count). The average Bonchev–Trinajstić information content (AvgIpc) is 2.23. The van der Waals surface area contributed by atoms with E-state index in [1.54, 1.807) is 0 Å². The van der Waals surface area contributed by atoms with Crippen molar-refractivity contribution in [3.63, 3.8) is 0 Å². The van der Waals surface area contributed by atoms with Crippen LogP contribution in [0.15, 0.2) is 0 Å². The minimum Gasteiger partial charge on any atom is -0.663 e. The molecule has 0 amide bonds. The molecule has 0 fully saturated rings. The van der Waals surface area contributed by atoms with Crippen molar-refractivity contribution < 1.29 is 19.5 Å². The van der Waals surface area contributed by atoms with Crippen molar-refractivity contribution in [2.24, 2.45) is 0 Å². The van der Waals surface area contributed by atoms with Gasteiger partial charge in [0, 0.05) is 0 Å². The molecule has 0 aromatic heterocycles. The summed E-state index contributed by atoms with van der Waals surface area (Å²) in [5, 5.41) is 11.9. The summed E-state index contributed by atoms with van der Waals surface area (Å²) in [6, 6.07) is 0. The van der Waals surface area contributed by atoms with E-state index >= 15 is 0 Å². The Bertz CT molecular complexity index is 53.0. The fraction of sp³-hybridized carbons (Fsp3) is 1.00. The van der Waals surface area contributed by atoms with Crippen LogP contribution in [0.5, 0.6) is 0 Å². The molecule has 0 saturated carbocycles. The fourth-order valence-corrected chi connectivity index (χ4v) is 0.671. The maximum atomic E-state index is 3.97. The van der Waals surface area contributed by atoms with Crippen molar-refractivity contribution in [2.45, 2.75) is 41.5 Å². The van der Waals surface area contributed by atoms with Gasteiger partial charge in [-0.15, -0.1) is 0 Å². The van der Waals surface area contributed by atoms with Crippen molar-refractivity contribution in [3.05, 3.63) is 16.0 Å². The van der Waals surface area contributed by atoms with E-state index in [-0.39, 0.29) is 19.5 Å². The van der Waals surface area contributed by atoms with Gasteiger partial charge in [-0.25, -0.2) is 0 Å². The fourth-order valence-electron chi connectivity index (χ4n) is 0.671. The third kappa shape index (κ3) is 62.5. The molecule has 0 saturated heterocycles. The first-order valence-corrected chi connectivity index (χ1v) is 6.14. The van der Waals surface area contributed by atoms with Gasteiger partial charge in [0.15, 0.2) is 0 Å². The van der Waals surface area contributed by atoms with Gasteiger partial charge < -0.3 is 16.0 Å². The van der Waals surface area contributed by atoms with Crippen LogP contribution in [0, 0.1) is 0 Å². The first kappa shape index (κ1) is 25.4. The first-order chi connectivity index (χ1) is 7.24. The molecule has 0 heterocycles. The second-order valence-electron chi connectivity index (χ2n) is 2.57. The molecule has 0 unspecified atom stereocenters. The van der Waals surface area contributed by atoms with Gasteiger partial charge in [0.1, 0.15) is 0 Å². The van der Waals surface area contributed by atoms with Gasteiger partial charge in [-0.1, -0.05) is 41.5 Å². The van der Waals surface area contributed by atoms with Gasteiger partial charge in [-0.2, -0.15) is 39.3 Å². The molecule has 4 heteroatoms. The molecule has 0 aromatic carbocycles. The van der Waals surface area contributed by atoms with Gasteiger partial charge in [0.25, 0.3) is 0 Å². The Balaban J connectivity index is -0.0000000655. The molecule has 0 aliphatic heterocycles. The van der Waals surface area contributed by atoms with Crippen molar-refractivity contribution in [3.8, 4) is 0 Å². The van der Waals surface area contributed by atoms with E-state index in [1.807, 2.05) is 41.5 Å². The quantitative estimate of drug-likeness (QED) is 0.659. The van der Waals surface area contributed by atoms with E-state index < -0.39 is 0 Å². The molecule has 3 nitrogen and oxygen atoms in total. The molecule has 0 N–H and O–H groups in total. The van der Waals surface area contributed by atoms with Gasteiger partial charge in [-0.05, 0) is 0 Å². The van der Waals surface area contributed by atoms with Crippen LogP contribution in [0.3, 0.4) is 0 Å². The number of nitrogens with zero attached hydrogens (tertiary/aromatic N) is 3. The monoisotopic (exact) mass is 318 g/mol. The Labute approximate surface area is 116 Å². The van der Waals surface area contributed by atoms with Crippen LogP contribution >= 0.6 is 0 Å². The van der Waals surface area contributed by atoms with Crippen LogP contribution in [-0.2, 0) is 19.5 Å². The van der Waals surface area contributed by atoms with E-state index in [9.17, 15) is 0 Å². The van der Waals surface area contributed by atoms with Crippen LogP contribution in [0.4, 0.5) is 0 Å². The van der Waals surface area contributed by atoms with E-state index in [0.717, 1.165) is 39.3 Å². The summed E-state index contributed by atoms with van der Waals surface area (Å²) in [6.45, 7) is 18.1. The van der Waals surface area contributed by atoms with Crippen molar-refractivity contribution in [1.29, 1.82) is 0 Å². The molecule has 0 spiro atoms. The first-order valence-electron chi connectivity index (χ1n) is 6.14. The second kappa shape index (κ2) is 36.1. The van der Waals surface area contributed by atoms with Crippen LogP contribution in [0.2, 0.25) is 0 Å². The predicted molar refractivity (Wildman–Crippen MR) is 73.3 cm³/mol. The van der Waals surface area contributed by atoms with Crippen molar-refractivity contribution in [2.75, 3.05) is 39.3 Å². The number of hydrogen-bond donors (Lipinski definition) is 0. The van der Waals surface area contributed by atoms with Gasteiger partial charge in [0.2, 0.25) is 0 Å². The molecule has 1 radical (unpaired) electrons. The molecular weight excluding hydrogens is 287 g/mol. The number of rotatable bonds is 6. The van der Waals surface area contributed by atoms with E-state index in [4.69, 9.17) is 0 Å². The molecule has 101 valence electrons. The molecular formula is C12H30N3Ru. The maximum absolute atomic E-state index is 3.97. The normalized spacial score (nSPS) is 7.88. The average molecular weight is 317 g/mol. The van der Waals surface area contributed by atoms with Crippen LogP contribution in [-0.4, -0.2) is 39.3 Å². The summed E-state index contributed by atoms with van der Waals surface area (Å²) in [4.78, 5) is 0. The third-order valence-corrected chi connectivity index (χ3v) is 1.34. The van der Waals surface area contributed by atoms with Gasteiger partial charge in [-0.3, -0.25) is 0 Å². The van der Waals surface area contributed by atoms with Gasteiger partial charge >= 0.3 is 19.5 Å². The second-order valence-corrected chi connectivity index (χ2v) is 2.57. The van der Waals surface area contributed by atoms with E-state index in [2.05, 4.69) is 16.0 Å². The summed E-state index contributed by atoms with van der Waals surface area (Å²) >= 11 is 0. The zero-order valence-electron chi connectivity index (χ0n) is 11.9. The Morgan fingerprint density at radius 2 is 0.562 bits per heavy atom. The zero-order valence-corrected chi connectivity index (χ0v) is 13.7. The predicted octanol–water partition coefficient (Wildman–Crippen LogP) is 4.20. The summed E-state index contributed by atoms with van der Waals surface area (Å²) in [5.74, 6) is 0. The SMILES string of the molecule is CC[N-]CC.CC[N-]CC.CC[N-]CC.[Ru+3]. The van der Waals surface area contributed by atoms with Crippen LogP contribution < -0.4 is 0 Å². The molecule has 0 bridgehead atoms. The summed E-state index contributed by atoms with van der Waals surface area (Å²) in [5.41, 5.74) is 0. The molecule has 0 aromatic rings. The maximum Gasteiger partial charge on any atom is 3.00 e. The largest absolute Gasteiger partial charge is 3.00 e. The minimum atomic E-state index is 0. The topological polar surface area (TPSA) is 42.3 Å². The smallest absolute Gasteiger partial charge is 0.663 e. The Kier molecular flexibility index (Phi) is 57.3. The summed E-state index contributed by atoms with van der Waals surface area (Å²) < 4.78 is 0. The zero-order chi connectivity index (χ0) is 12.4. The summed E-state index contributed by atoms with van der Waals surface area (Å²) in [6.07, 6.45) is 0.